The summed E-state index contributed by atoms with van der Waals surface area (Å²) in [5.41, 5.74) is 3.14. The largest absolute Gasteiger partial charge is 0.296 e. The van der Waals surface area contributed by atoms with Crippen molar-refractivity contribution in [2.45, 2.75) is 79.2 Å². The van der Waals surface area contributed by atoms with E-state index in [2.05, 4.69) is 36.6 Å². The molecule has 0 aromatic heterocycles. The normalized spacial score (nSPS) is 21.9. The van der Waals surface area contributed by atoms with Gasteiger partial charge in [0.15, 0.2) is 0 Å². The van der Waals surface area contributed by atoms with Crippen LogP contribution >= 0.6 is 0 Å². The van der Waals surface area contributed by atoms with E-state index >= 15 is 0 Å². The number of hydrogen-bond acceptors (Lipinski definition) is 1. The van der Waals surface area contributed by atoms with Crippen LogP contribution in [0.3, 0.4) is 0 Å². The maximum atomic E-state index is 3.90. The summed E-state index contributed by atoms with van der Waals surface area (Å²) in [6.45, 7) is 16.6. The molecule has 2 aliphatic rings. The average Bonchev–Trinajstić information content (AvgIpc) is 2.55. The monoisotopic (exact) mass is 291 g/mol. The molecule has 1 heterocycles. The molecule has 122 valence electrons. The molecule has 1 fully saturated rings. The summed E-state index contributed by atoms with van der Waals surface area (Å²) in [5, 5.41) is 0. The highest BCUT2D eigenvalue weighted by Crippen LogP contribution is 2.24. The smallest absolute Gasteiger partial charge is 0.0199 e. The van der Waals surface area contributed by atoms with E-state index < -0.39 is 0 Å². The molecule has 21 heavy (non-hydrogen) atoms. The molecule has 1 heteroatoms. The lowest BCUT2D eigenvalue weighted by Gasteiger charge is -2.36. The number of hydrogen-bond donors (Lipinski definition) is 0. The van der Waals surface area contributed by atoms with Gasteiger partial charge in [0.05, 0.1) is 0 Å². The Morgan fingerprint density at radius 3 is 2.43 bits per heavy atom. The van der Waals surface area contributed by atoms with Gasteiger partial charge in [0.1, 0.15) is 0 Å². The second kappa shape index (κ2) is 12.9. The third kappa shape index (κ3) is 7.66. The molecule has 0 aromatic carbocycles. The highest BCUT2D eigenvalue weighted by Gasteiger charge is 2.21. The summed E-state index contributed by atoms with van der Waals surface area (Å²) in [4.78, 5) is 2.67. The lowest BCUT2D eigenvalue weighted by atomic mass is 9.95. The fourth-order valence-electron chi connectivity index (χ4n) is 2.90. The minimum absolute atomic E-state index is 0.745. The maximum Gasteiger partial charge on any atom is 0.0199 e. The molecular formula is C20H37N. The summed E-state index contributed by atoms with van der Waals surface area (Å²) in [7, 11) is 0. The van der Waals surface area contributed by atoms with Crippen molar-refractivity contribution in [3.63, 3.8) is 0 Å². The Morgan fingerprint density at radius 2 is 1.86 bits per heavy atom. The average molecular weight is 292 g/mol. The van der Waals surface area contributed by atoms with Crippen LogP contribution in [0.5, 0.6) is 0 Å². The Morgan fingerprint density at radius 1 is 1.14 bits per heavy atom. The molecule has 0 amide bonds. The molecule has 1 aliphatic carbocycles. The predicted molar refractivity (Wildman–Crippen MR) is 97.8 cm³/mol. The zero-order valence-electron chi connectivity index (χ0n) is 15.1. The van der Waals surface area contributed by atoms with Crippen LogP contribution in [-0.2, 0) is 0 Å². The summed E-state index contributed by atoms with van der Waals surface area (Å²) in [6, 6.07) is 0.745. The van der Waals surface area contributed by atoms with E-state index in [4.69, 9.17) is 0 Å². The molecule has 1 nitrogen and oxygen atoms in total. The molecule has 0 radical (unpaired) electrons. The second-order valence-corrected chi connectivity index (χ2v) is 5.48. The Bertz CT molecular complexity index is 325. The van der Waals surface area contributed by atoms with Crippen molar-refractivity contribution < 1.29 is 0 Å². The predicted octanol–water partition coefficient (Wildman–Crippen LogP) is 6.14. The maximum absolute atomic E-state index is 3.90. The first-order chi connectivity index (χ1) is 10.3. The molecule has 1 atom stereocenters. The second-order valence-electron chi connectivity index (χ2n) is 5.48. The molecule has 0 spiro atoms. The van der Waals surface area contributed by atoms with Crippen molar-refractivity contribution in [1.29, 1.82) is 0 Å². The molecule has 0 bridgehead atoms. The van der Waals surface area contributed by atoms with Crippen molar-refractivity contribution in [3.05, 3.63) is 36.0 Å². The lowest BCUT2D eigenvalue weighted by molar-refractivity contribution is 0.161. The van der Waals surface area contributed by atoms with Gasteiger partial charge in [-0.3, -0.25) is 4.90 Å². The van der Waals surface area contributed by atoms with Gasteiger partial charge in [0.2, 0.25) is 0 Å². The van der Waals surface area contributed by atoms with E-state index in [0.29, 0.717) is 0 Å². The van der Waals surface area contributed by atoms with Gasteiger partial charge in [-0.1, -0.05) is 63.5 Å². The van der Waals surface area contributed by atoms with E-state index in [9.17, 15) is 0 Å². The number of likely N-dealkylation sites (tertiary alicyclic amines) is 1. The Labute approximate surface area is 133 Å². The molecular weight excluding hydrogens is 254 g/mol. The van der Waals surface area contributed by atoms with Crippen LogP contribution in [0.2, 0.25) is 0 Å². The highest BCUT2D eigenvalue weighted by molar-refractivity contribution is 5.23. The van der Waals surface area contributed by atoms with Crippen molar-refractivity contribution in [1.82, 2.24) is 4.90 Å². The third-order valence-electron chi connectivity index (χ3n) is 4.04. The summed E-state index contributed by atoms with van der Waals surface area (Å²) >= 11 is 0. The zero-order valence-corrected chi connectivity index (χ0v) is 15.1. The molecule has 1 unspecified atom stereocenters. The molecule has 0 N–H and O–H groups in total. The first-order valence-corrected chi connectivity index (χ1v) is 8.99. The van der Waals surface area contributed by atoms with Gasteiger partial charge in [0.25, 0.3) is 0 Å². The van der Waals surface area contributed by atoms with Crippen LogP contribution in [-0.4, -0.2) is 24.0 Å². The number of nitrogens with zero attached hydrogens (tertiary/aromatic N) is 1. The lowest BCUT2D eigenvalue weighted by Crippen LogP contribution is -2.40. The number of allylic oxidation sites excluding steroid dienone is 3. The van der Waals surface area contributed by atoms with E-state index in [1.807, 2.05) is 27.7 Å². The van der Waals surface area contributed by atoms with Crippen LogP contribution in [0.15, 0.2) is 36.0 Å². The standard InChI is InChI=1S/C16H25N.2C2H6/c1-3-6-16-7-4-5-12-17(16)13-15-10-8-14(2)9-11-15;2*1-2/h3,8,10,16H,1,4-7,9,11-13H2,2H3;2*1-2H3. The van der Waals surface area contributed by atoms with Gasteiger partial charge in [-0.05, 0) is 45.6 Å². The van der Waals surface area contributed by atoms with Gasteiger partial charge < -0.3 is 0 Å². The van der Waals surface area contributed by atoms with E-state index in [1.54, 1.807) is 5.57 Å². The van der Waals surface area contributed by atoms with Crippen LogP contribution in [0, 0.1) is 0 Å². The van der Waals surface area contributed by atoms with Gasteiger partial charge in [-0.15, -0.1) is 6.58 Å². The van der Waals surface area contributed by atoms with Gasteiger partial charge in [-0.25, -0.2) is 0 Å². The fraction of sp³-hybridized carbons (Fsp3) is 0.700. The fourth-order valence-corrected chi connectivity index (χ4v) is 2.90. The summed E-state index contributed by atoms with van der Waals surface area (Å²) in [5.74, 6) is 0. The Balaban J connectivity index is 0.000000921. The third-order valence-corrected chi connectivity index (χ3v) is 4.04. The van der Waals surface area contributed by atoms with Crippen LogP contribution in [0.4, 0.5) is 0 Å². The topological polar surface area (TPSA) is 3.24 Å². The molecule has 1 saturated heterocycles. The minimum Gasteiger partial charge on any atom is -0.296 e. The van der Waals surface area contributed by atoms with Crippen LogP contribution in [0.25, 0.3) is 0 Å². The first kappa shape index (κ1) is 20.2. The zero-order chi connectivity index (χ0) is 16.1. The number of rotatable bonds is 4. The molecule has 1 aliphatic heterocycles. The Kier molecular flexibility index (Phi) is 12.4. The first-order valence-electron chi connectivity index (χ1n) is 8.99. The quantitative estimate of drug-likeness (QED) is 0.563. The minimum atomic E-state index is 0.745. The van der Waals surface area contributed by atoms with Crippen molar-refractivity contribution >= 4 is 0 Å². The van der Waals surface area contributed by atoms with E-state index in [-0.39, 0.29) is 0 Å². The van der Waals surface area contributed by atoms with Crippen molar-refractivity contribution in [2.24, 2.45) is 0 Å². The molecule has 0 aromatic rings. The van der Waals surface area contributed by atoms with Gasteiger partial charge in [-0.2, -0.15) is 0 Å². The van der Waals surface area contributed by atoms with E-state index in [0.717, 1.165) is 12.5 Å². The summed E-state index contributed by atoms with van der Waals surface area (Å²) in [6.07, 6.45) is 14.5. The van der Waals surface area contributed by atoms with E-state index in [1.165, 1.54) is 50.8 Å². The SMILES string of the molecule is C=CCC1CCCCN1CC1=CC=C(C)CC1.CC.CC. The van der Waals surface area contributed by atoms with Crippen LogP contribution in [0.1, 0.15) is 73.1 Å². The molecule has 0 saturated carbocycles. The van der Waals surface area contributed by atoms with Gasteiger partial charge in [0, 0.05) is 12.6 Å². The van der Waals surface area contributed by atoms with Crippen molar-refractivity contribution in [2.75, 3.05) is 13.1 Å². The van der Waals surface area contributed by atoms with Gasteiger partial charge >= 0.3 is 0 Å². The Hall–Kier alpha value is -0.820. The number of piperidine rings is 1. The molecule has 2 rings (SSSR count). The van der Waals surface area contributed by atoms with Crippen LogP contribution < -0.4 is 0 Å². The van der Waals surface area contributed by atoms with Crippen molar-refractivity contribution in [3.8, 4) is 0 Å². The summed E-state index contributed by atoms with van der Waals surface area (Å²) < 4.78 is 0. The highest BCUT2D eigenvalue weighted by atomic mass is 15.2.